The summed E-state index contributed by atoms with van der Waals surface area (Å²) in [5, 5.41) is 3.59. The molecule has 10 heteroatoms. The molecule has 3 aromatic rings. The van der Waals surface area contributed by atoms with Crippen molar-refractivity contribution in [1.82, 2.24) is 24.8 Å². The maximum atomic E-state index is 6.57. The Morgan fingerprint density at radius 2 is 1.69 bits per heavy atom. The van der Waals surface area contributed by atoms with E-state index in [1.54, 1.807) is 18.7 Å². The van der Waals surface area contributed by atoms with Gasteiger partial charge in [0.1, 0.15) is 30.0 Å². The van der Waals surface area contributed by atoms with Crippen LogP contribution in [-0.2, 0) is 4.74 Å². The van der Waals surface area contributed by atoms with Gasteiger partial charge >= 0.3 is 0 Å². The normalized spacial score (nSPS) is 22.5. The maximum absolute atomic E-state index is 6.57. The van der Waals surface area contributed by atoms with E-state index in [1.807, 2.05) is 6.07 Å². The Kier molecular flexibility index (Phi) is 8.50. The molecule has 3 aliphatic rings. The first-order chi connectivity index (χ1) is 19.3. The summed E-state index contributed by atoms with van der Waals surface area (Å²) < 4.78 is 18.0. The molecule has 0 spiro atoms. The van der Waals surface area contributed by atoms with E-state index in [0.717, 1.165) is 86.8 Å². The first kappa shape index (κ1) is 26.0. The van der Waals surface area contributed by atoms with Gasteiger partial charge in [0, 0.05) is 55.9 Å². The molecular weight excluding hydrogens is 494 g/mol. The number of nitrogens with one attached hydrogen (secondary N) is 1. The molecule has 2 aliphatic heterocycles. The number of ether oxygens (including phenoxy) is 3. The zero-order chi connectivity index (χ0) is 26.3. The molecule has 0 radical (unpaired) electrons. The van der Waals surface area contributed by atoms with Gasteiger partial charge in [0.15, 0.2) is 0 Å². The predicted molar refractivity (Wildman–Crippen MR) is 151 cm³/mol. The van der Waals surface area contributed by atoms with Gasteiger partial charge in [0.05, 0.1) is 24.8 Å². The van der Waals surface area contributed by atoms with Gasteiger partial charge in [0.2, 0.25) is 5.88 Å². The smallest absolute Gasteiger partial charge is 0.218 e. The summed E-state index contributed by atoms with van der Waals surface area (Å²) in [7, 11) is 0. The number of rotatable bonds is 9. The van der Waals surface area contributed by atoms with Crippen LogP contribution in [0.25, 0.3) is 11.0 Å². The quantitative estimate of drug-likeness (QED) is 0.436. The van der Waals surface area contributed by atoms with Crippen LogP contribution in [0.15, 0.2) is 36.9 Å². The van der Waals surface area contributed by atoms with E-state index in [4.69, 9.17) is 14.2 Å². The second-order valence-corrected chi connectivity index (χ2v) is 10.7. The fourth-order valence-corrected chi connectivity index (χ4v) is 5.80. The van der Waals surface area contributed by atoms with Crippen LogP contribution in [0.2, 0.25) is 0 Å². The van der Waals surface area contributed by atoms with Crippen LogP contribution in [0, 0.1) is 0 Å². The monoisotopic (exact) mass is 533 g/mol. The van der Waals surface area contributed by atoms with E-state index in [0.29, 0.717) is 18.5 Å². The number of hydrogen-bond acceptors (Lipinski definition) is 10. The molecule has 0 unspecified atom stereocenters. The molecular formula is C29H39N7O3. The Labute approximate surface area is 230 Å². The van der Waals surface area contributed by atoms with Crippen LogP contribution in [0.4, 0.5) is 11.5 Å². The summed E-state index contributed by atoms with van der Waals surface area (Å²) in [6.07, 6.45) is 13.1. The third kappa shape index (κ3) is 6.86. The van der Waals surface area contributed by atoms with Gasteiger partial charge in [0.25, 0.3) is 0 Å². The van der Waals surface area contributed by atoms with Crippen molar-refractivity contribution in [2.75, 3.05) is 62.8 Å². The third-order valence-corrected chi connectivity index (χ3v) is 7.97. The number of hydrogen-bond donors (Lipinski definition) is 1. The molecule has 1 aromatic carbocycles. The Bertz CT molecular complexity index is 1210. The largest absolute Gasteiger partial charge is 0.488 e. The van der Waals surface area contributed by atoms with Crippen molar-refractivity contribution in [2.24, 2.45) is 0 Å². The molecule has 0 amide bonds. The second kappa shape index (κ2) is 12.7. The average molecular weight is 534 g/mol. The Balaban J connectivity index is 1.02. The van der Waals surface area contributed by atoms with Crippen molar-refractivity contribution in [2.45, 2.75) is 57.1 Å². The van der Waals surface area contributed by atoms with Crippen molar-refractivity contribution in [3.05, 3.63) is 36.9 Å². The first-order valence-electron chi connectivity index (χ1n) is 14.5. The van der Waals surface area contributed by atoms with Gasteiger partial charge in [-0.25, -0.2) is 15.0 Å². The van der Waals surface area contributed by atoms with Gasteiger partial charge in [-0.15, -0.1) is 0 Å². The second-order valence-electron chi connectivity index (χ2n) is 10.7. The van der Waals surface area contributed by atoms with E-state index < -0.39 is 0 Å². The van der Waals surface area contributed by atoms with Crippen LogP contribution in [-0.4, -0.2) is 89.5 Å². The Morgan fingerprint density at radius 1 is 0.872 bits per heavy atom. The molecule has 1 N–H and O–H groups in total. The lowest BCUT2D eigenvalue weighted by atomic mass is 9.93. The van der Waals surface area contributed by atoms with E-state index in [9.17, 15) is 0 Å². The average Bonchev–Trinajstić information content (AvgIpc) is 2.99. The number of piperidine rings is 1. The zero-order valence-corrected chi connectivity index (χ0v) is 22.6. The number of aromatic nitrogens is 4. The molecule has 10 nitrogen and oxygen atoms in total. The van der Waals surface area contributed by atoms with Gasteiger partial charge in [-0.2, -0.15) is 0 Å². The summed E-state index contributed by atoms with van der Waals surface area (Å²) in [6.45, 7) is 7.18. The van der Waals surface area contributed by atoms with Crippen LogP contribution >= 0.6 is 0 Å². The molecule has 208 valence electrons. The molecule has 39 heavy (non-hydrogen) atoms. The van der Waals surface area contributed by atoms with Crippen molar-refractivity contribution in [3.63, 3.8) is 0 Å². The lowest BCUT2D eigenvalue weighted by Gasteiger charge is -2.31. The summed E-state index contributed by atoms with van der Waals surface area (Å²) in [5.74, 6) is 2.28. The fraction of sp³-hybridized carbons (Fsp3) is 0.586. The summed E-state index contributed by atoms with van der Waals surface area (Å²) in [5.41, 5.74) is 2.81. The van der Waals surface area contributed by atoms with Crippen molar-refractivity contribution in [3.8, 4) is 11.6 Å². The van der Waals surface area contributed by atoms with Crippen molar-refractivity contribution >= 4 is 22.5 Å². The van der Waals surface area contributed by atoms with Gasteiger partial charge < -0.3 is 24.4 Å². The minimum absolute atomic E-state index is 0.146. The highest BCUT2D eigenvalue weighted by atomic mass is 16.5. The Morgan fingerprint density at radius 3 is 2.54 bits per heavy atom. The first-order valence-corrected chi connectivity index (χ1v) is 14.5. The molecule has 6 rings (SSSR count). The molecule has 0 atom stereocenters. The molecule has 2 aromatic heterocycles. The molecule has 1 aliphatic carbocycles. The highest BCUT2D eigenvalue weighted by Gasteiger charge is 2.24. The van der Waals surface area contributed by atoms with Crippen molar-refractivity contribution < 1.29 is 14.2 Å². The lowest BCUT2D eigenvalue weighted by Crippen LogP contribution is -2.36. The molecule has 4 heterocycles. The molecule has 0 bridgehead atoms. The van der Waals surface area contributed by atoms with Crippen LogP contribution in [0.1, 0.15) is 44.9 Å². The van der Waals surface area contributed by atoms with E-state index in [-0.39, 0.29) is 6.10 Å². The van der Waals surface area contributed by atoms with E-state index >= 15 is 0 Å². The number of benzene rings is 1. The number of fused-ring (bicyclic) bond motifs is 1. The minimum atomic E-state index is 0.146. The standard InChI is InChI=1S/C29H39N7O3/c1-2-10-35(11-3-1)12-17-38-28-20-27(32-21-33-28)34-22-4-6-24(7-5-22)39-26-19-23(36-13-15-37-16-14-36)18-25-29(26)31-9-8-30-25/h8-9,18-22,24H,1-7,10-17H2,(H,32,33,34). The fourth-order valence-electron chi connectivity index (χ4n) is 5.80. The highest BCUT2D eigenvalue weighted by Crippen LogP contribution is 2.33. The van der Waals surface area contributed by atoms with Crippen LogP contribution in [0.3, 0.4) is 0 Å². The van der Waals surface area contributed by atoms with Crippen LogP contribution in [0.5, 0.6) is 11.6 Å². The van der Waals surface area contributed by atoms with Gasteiger partial charge in [-0.05, 0) is 57.7 Å². The van der Waals surface area contributed by atoms with E-state index in [1.165, 1.54) is 32.4 Å². The molecule has 2 saturated heterocycles. The summed E-state index contributed by atoms with van der Waals surface area (Å²) >= 11 is 0. The lowest BCUT2D eigenvalue weighted by molar-refractivity contribution is 0.122. The maximum Gasteiger partial charge on any atom is 0.218 e. The van der Waals surface area contributed by atoms with Gasteiger partial charge in [-0.3, -0.25) is 9.88 Å². The number of nitrogens with zero attached hydrogens (tertiary/aromatic N) is 6. The van der Waals surface area contributed by atoms with Gasteiger partial charge in [-0.1, -0.05) is 6.42 Å². The molecule has 1 saturated carbocycles. The highest BCUT2D eigenvalue weighted by molar-refractivity contribution is 5.85. The topological polar surface area (TPSA) is 97.8 Å². The predicted octanol–water partition coefficient (Wildman–Crippen LogP) is 3.92. The number of morpholine rings is 1. The third-order valence-electron chi connectivity index (χ3n) is 7.97. The molecule has 3 fully saturated rings. The van der Waals surface area contributed by atoms with E-state index in [2.05, 4.69) is 47.2 Å². The summed E-state index contributed by atoms with van der Waals surface area (Å²) in [4.78, 5) is 22.7. The van der Waals surface area contributed by atoms with Crippen molar-refractivity contribution in [1.29, 1.82) is 0 Å². The Hall–Kier alpha value is -3.24. The minimum Gasteiger partial charge on any atom is -0.488 e. The number of anilines is 2. The van der Waals surface area contributed by atoms with Crippen LogP contribution < -0.4 is 19.7 Å². The zero-order valence-electron chi connectivity index (χ0n) is 22.6. The summed E-state index contributed by atoms with van der Waals surface area (Å²) in [6, 6.07) is 6.49. The number of likely N-dealkylation sites (tertiary alicyclic amines) is 1. The SMILES string of the molecule is c1nc(NC2CCC(Oc3cc(N4CCOCC4)cc4nccnc34)CC2)cc(OCCN2CCCCC2)n1.